The third-order valence-corrected chi connectivity index (χ3v) is 7.49. The Morgan fingerprint density at radius 3 is 2.14 bits per heavy atom. The van der Waals surface area contributed by atoms with Crippen molar-refractivity contribution in [3.63, 3.8) is 0 Å². The van der Waals surface area contributed by atoms with Gasteiger partial charge in [0.25, 0.3) is 0 Å². The van der Waals surface area contributed by atoms with Gasteiger partial charge in [0.1, 0.15) is 23.4 Å². The van der Waals surface area contributed by atoms with Crippen LogP contribution in [0.4, 0.5) is 0 Å². The molecule has 7 heteroatoms. The average molecular weight is 522 g/mol. The molecule has 1 saturated heterocycles. The van der Waals surface area contributed by atoms with E-state index >= 15 is 0 Å². The first kappa shape index (κ1) is 27.2. The summed E-state index contributed by atoms with van der Waals surface area (Å²) in [5.41, 5.74) is 2.93. The predicted octanol–water partition coefficient (Wildman–Crippen LogP) is 5.52. The van der Waals surface area contributed by atoms with E-state index < -0.39 is 12.2 Å². The second-order valence-electron chi connectivity index (χ2n) is 9.25. The summed E-state index contributed by atoms with van der Waals surface area (Å²) in [6.45, 7) is 6.33. The van der Waals surface area contributed by atoms with Crippen molar-refractivity contribution in [2.75, 3.05) is 7.11 Å². The van der Waals surface area contributed by atoms with Crippen molar-refractivity contribution in [2.45, 2.75) is 68.7 Å². The van der Waals surface area contributed by atoms with Crippen LogP contribution in [0.5, 0.6) is 5.75 Å². The molecular weight excluding hydrogens is 486 g/mol. The summed E-state index contributed by atoms with van der Waals surface area (Å²) in [5, 5.41) is 3.06. The van der Waals surface area contributed by atoms with Crippen molar-refractivity contribution < 1.29 is 23.7 Å². The Morgan fingerprint density at radius 1 is 0.892 bits per heavy atom. The Morgan fingerprint density at radius 2 is 1.51 bits per heavy atom. The maximum atomic E-state index is 12.1. The van der Waals surface area contributed by atoms with Crippen molar-refractivity contribution in [1.82, 2.24) is 5.32 Å². The van der Waals surface area contributed by atoms with Gasteiger partial charge in [0, 0.05) is 11.8 Å². The molecule has 0 aliphatic carbocycles. The van der Waals surface area contributed by atoms with Crippen molar-refractivity contribution >= 4 is 17.7 Å². The fourth-order valence-electron chi connectivity index (χ4n) is 4.33. The fourth-order valence-corrected chi connectivity index (χ4v) is 5.49. The highest BCUT2D eigenvalue weighted by molar-refractivity contribution is 7.99. The summed E-state index contributed by atoms with van der Waals surface area (Å²) in [5.74, 6) is 0.661. The van der Waals surface area contributed by atoms with E-state index in [4.69, 9.17) is 18.9 Å². The summed E-state index contributed by atoms with van der Waals surface area (Å²) in [6, 6.07) is 25.8. The maximum Gasteiger partial charge on any atom is 0.217 e. The summed E-state index contributed by atoms with van der Waals surface area (Å²) in [7, 11) is 1.65. The molecule has 1 fully saturated rings. The monoisotopic (exact) mass is 521 g/mol. The Kier molecular flexibility index (Phi) is 9.63. The smallest absolute Gasteiger partial charge is 0.217 e. The topological polar surface area (TPSA) is 66.0 Å². The Bertz CT molecular complexity index is 1120. The molecule has 1 aliphatic heterocycles. The lowest BCUT2D eigenvalue weighted by atomic mass is 9.97. The number of thioether (sulfide) groups is 1. The molecule has 0 bridgehead atoms. The Balaban J connectivity index is 1.61. The Labute approximate surface area is 223 Å². The zero-order valence-corrected chi connectivity index (χ0v) is 22.6. The van der Waals surface area contributed by atoms with Crippen molar-refractivity contribution in [2.24, 2.45) is 0 Å². The van der Waals surface area contributed by atoms with E-state index in [0.29, 0.717) is 13.2 Å². The predicted molar refractivity (Wildman–Crippen MR) is 146 cm³/mol. The zero-order chi connectivity index (χ0) is 26.2. The number of nitrogens with one attached hydrogen (secondary N) is 1. The maximum absolute atomic E-state index is 12.1. The minimum atomic E-state index is -0.440. The van der Waals surface area contributed by atoms with Gasteiger partial charge < -0.3 is 24.3 Å². The van der Waals surface area contributed by atoms with Gasteiger partial charge in [-0.25, -0.2) is 0 Å². The summed E-state index contributed by atoms with van der Waals surface area (Å²) in [6.07, 6.45) is -1.13. The van der Waals surface area contributed by atoms with Gasteiger partial charge in [0.15, 0.2) is 0 Å². The molecule has 1 heterocycles. The molecule has 3 aromatic carbocycles. The number of hydrogen-bond donors (Lipinski definition) is 1. The highest BCUT2D eigenvalue weighted by Gasteiger charge is 2.46. The molecule has 196 valence electrons. The van der Waals surface area contributed by atoms with E-state index in [1.165, 1.54) is 12.5 Å². The third-order valence-electron chi connectivity index (χ3n) is 6.33. The van der Waals surface area contributed by atoms with Gasteiger partial charge in [-0.15, -0.1) is 0 Å². The minimum Gasteiger partial charge on any atom is -0.497 e. The largest absolute Gasteiger partial charge is 0.497 e. The number of benzene rings is 3. The minimum absolute atomic E-state index is 0.132. The van der Waals surface area contributed by atoms with Gasteiger partial charge in [-0.2, -0.15) is 0 Å². The van der Waals surface area contributed by atoms with Crippen LogP contribution in [0.3, 0.4) is 0 Å². The molecule has 37 heavy (non-hydrogen) atoms. The van der Waals surface area contributed by atoms with Crippen molar-refractivity contribution in [1.29, 1.82) is 0 Å². The molecule has 4 rings (SSSR count). The number of carbonyl (C=O) groups excluding carboxylic acids is 1. The fraction of sp³-hybridized carbons (Fsp3) is 0.367. The SMILES string of the molecule is COc1ccc(CO[C@@H]2[C@@H](OCc3ccccc3)[C@H](NC(C)=O)[C@@H](C)O[C@H]2Sc2ccc(C)cc2)cc1. The molecule has 1 amide bonds. The second kappa shape index (κ2) is 13.1. The van der Waals surface area contributed by atoms with Gasteiger partial charge in [-0.3, -0.25) is 4.79 Å². The first-order valence-corrected chi connectivity index (χ1v) is 13.4. The number of ether oxygens (including phenoxy) is 4. The van der Waals surface area contributed by atoms with E-state index in [2.05, 4.69) is 36.5 Å². The lowest BCUT2D eigenvalue weighted by Crippen LogP contribution is -2.63. The summed E-state index contributed by atoms with van der Waals surface area (Å²) < 4.78 is 24.8. The molecule has 5 atom stereocenters. The van der Waals surface area contributed by atoms with Crippen molar-refractivity contribution in [3.05, 3.63) is 95.6 Å². The molecule has 3 aromatic rings. The van der Waals surface area contributed by atoms with Crippen LogP contribution < -0.4 is 10.1 Å². The number of aryl methyl sites for hydroxylation is 1. The lowest BCUT2D eigenvalue weighted by molar-refractivity contribution is -0.194. The van der Waals surface area contributed by atoms with Gasteiger partial charge in [-0.05, 0) is 49.2 Å². The van der Waals surface area contributed by atoms with Crippen LogP contribution in [-0.4, -0.2) is 42.8 Å². The van der Waals surface area contributed by atoms with E-state index in [1.54, 1.807) is 18.9 Å². The average Bonchev–Trinajstić information content (AvgIpc) is 2.90. The molecule has 0 saturated carbocycles. The van der Waals surface area contributed by atoms with Crippen LogP contribution in [0, 0.1) is 6.92 Å². The van der Waals surface area contributed by atoms with Gasteiger partial charge >= 0.3 is 0 Å². The first-order valence-electron chi connectivity index (χ1n) is 12.5. The van der Waals surface area contributed by atoms with E-state index in [1.807, 2.05) is 61.5 Å². The van der Waals surface area contributed by atoms with Crippen LogP contribution >= 0.6 is 11.8 Å². The number of hydrogen-bond acceptors (Lipinski definition) is 6. The van der Waals surface area contributed by atoms with Gasteiger partial charge in [0.05, 0.1) is 32.5 Å². The number of carbonyl (C=O) groups is 1. The van der Waals surface area contributed by atoms with Crippen LogP contribution in [0.15, 0.2) is 83.8 Å². The molecule has 0 aromatic heterocycles. The van der Waals surface area contributed by atoms with Crippen LogP contribution in [0.25, 0.3) is 0 Å². The van der Waals surface area contributed by atoms with Crippen LogP contribution in [-0.2, 0) is 32.2 Å². The molecule has 0 radical (unpaired) electrons. The molecule has 0 unspecified atom stereocenters. The lowest BCUT2D eigenvalue weighted by Gasteiger charge is -2.45. The van der Waals surface area contributed by atoms with Crippen LogP contribution in [0.2, 0.25) is 0 Å². The summed E-state index contributed by atoms with van der Waals surface area (Å²) in [4.78, 5) is 13.2. The second-order valence-corrected chi connectivity index (χ2v) is 10.4. The van der Waals surface area contributed by atoms with E-state index in [-0.39, 0.29) is 23.5 Å². The molecule has 0 spiro atoms. The molecule has 1 N–H and O–H groups in total. The highest BCUT2D eigenvalue weighted by atomic mass is 32.2. The van der Waals surface area contributed by atoms with E-state index in [0.717, 1.165) is 21.8 Å². The van der Waals surface area contributed by atoms with Gasteiger partial charge in [-0.1, -0.05) is 71.9 Å². The van der Waals surface area contributed by atoms with Gasteiger partial charge in [0.2, 0.25) is 5.91 Å². The van der Waals surface area contributed by atoms with E-state index in [9.17, 15) is 4.79 Å². The molecule has 6 nitrogen and oxygen atoms in total. The summed E-state index contributed by atoms with van der Waals surface area (Å²) >= 11 is 1.61. The Hall–Kier alpha value is -2.84. The number of rotatable bonds is 10. The molecular formula is C30H35NO5S. The first-order chi connectivity index (χ1) is 17.9. The van der Waals surface area contributed by atoms with Crippen molar-refractivity contribution in [3.8, 4) is 5.75 Å². The number of amides is 1. The standard InChI is InChI=1S/C30H35NO5S/c1-20-10-16-26(17-11-20)37-30-29(35-19-24-12-14-25(33-4)15-13-24)28(27(21(2)36-30)31-22(3)32)34-18-23-8-6-5-7-9-23/h5-17,21,27-30H,18-19H2,1-4H3,(H,31,32)/t21-,27-,28+,29-,30+/m1/s1. The quantitative estimate of drug-likeness (QED) is 0.379. The third kappa shape index (κ3) is 7.58. The molecule has 1 aliphatic rings. The highest BCUT2D eigenvalue weighted by Crippen LogP contribution is 2.37. The number of methoxy groups -OCH3 is 1. The van der Waals surface area contributed by atoms with Crippen LogP contribution in [0.1, 0.15) is 30.5 Å². The zero-order valence-electron chi connectivity index (χ0n) is 21.8. The normalized spacial score (nSPS) is 23.4.